The van der Waals surface area contributed by atoms with E-state index in [0.717, 1.165) is 59.1 Å². The number of fused-ring (bicyclic) bond motifs is 2. The van der Waals surface area contributed by atoms with Gasteiger partial charge in [-0.15, -0.1) is 0 Å². The zero-order valence-corrected chi connectivity index (χ0v) is 92.2. The second-order valence-electron chi connectivity index (χ2n) is 23.1. The second kappa shape index (κ2) is 68.9. The molecule has 2 aliphatic heterocycles. The summed E-state index contributed by atoms with van der Waals surface area (Å²) in [6, 6.07) is 33.5. The zero-order chi connectivity index (χ0) is 99.4. The molecule has 9 aromatic rings. The molecule has 50 heteroatoms. The van der Waals surface area contributed by atoms with Gasteiger partial charge in [-0.25, -0.2) is 24.7 Å². The standard InChI is InChI=1S/C15H14Cl2N4O4.C15H14Cl2N4O.C15H13Cl2N3O.C11H14ClNO2.C6H6ClN.C5H9BrO2.C4HCl2N3O2.C2H4O2.CH4.Fe.H2I3.H2I2.H2I.HI.V.2H/c1-3-11(14(22)25-2)20(10-6-4-9(16)5-7-10)13-12(21(23)24)8-18-15(17)19-13;1-3-11-14(22)20(2)12-8-18-15(17)19-13(12)21(11)10-6-4-9(16)5-7-10;1-2-12-13(21)7-9-8-18-15(17)19-14(9)20(12)11-5-3-10(16)4-6-11;1-2-10(11(15)7-14)13-9-5-3-8(12)4-6-9;7-5-1-3-6(8)4-2-5;1-3-4(6)5(7)8-2;5-3-2(9(10)11)1-7-4(6)8-3;1-2(3)4;;;1-3-2;1-2;;;;;/h4-8,11H,3H2,1-2H3;4-8,11H,3H2,1-2H3;3-6,8,12H,2,7H2,1H3;3-6,10,13-14H,2,7H2,1H3;1-4H,8H2;4H,3H2,1-2H3;1H;1H3,(H,3,4);1H4;;1,3H;1H2;1H2;1H;;;/q;;;;;;;;;;-1;;-1;;+1;;/p-1/i;;;;;;;;;;1T,3T;2*1T2;;;2*1+2. The van der Waals surface area contributed by atoms with Gasteiger partial charge in [-0.2, -0.15) is 19.9 Å². The van der Waals surface area contributed by atoms with E-state index >= 15 is 0 Å². The number of benzene rings is 5. The van der Waals surface area contributed by atoms with Crippen LogP contribution >= 0.6 is 220 Å². The third-order valence-corrected chi connectivity index (χ3v) is 18.7. The number of alkyl halides is 1. The number of hydrogen-bond donors (Lipinski definition) is 4. The van der Waals surface area contributed by atoms with Gasteiger partial charge in [0.15, 0.2) is 17.4 Å². The van der Waals surface area contributed by atoms with E-state index in [1.54, 1.807) is 128 Å². The number of hydrogen-bond acceptors (Lipinski definition) is 26. The molecule has 2 aliphatic rings. The number of nitro groups is 2. The molecular weight excluding hydrogens is 2770 g/mol. The van der Waals surface area contributed by atoms with E-state index < -0.39 is 121 Å². The number of esters is 2. The molecule has 0 fully saturated rings. The number of carbonyl (C=O) groups excluding carboxylic acids is 5. The van der Waals surface area contributed by atoms with Crippen molar-refractivity contribution in [3.05, 3.63) is 223 Å². The molecule has 0 aliphatic carbocycles. The van der Waals surface area contributed by atoms with Crippen LogP contribution in [0.2, 0.25) is 51.4 Å². The van der Waals surface area contributed by atoms with Gasteiger partial charge in [0.2, 0.25) is 38.0 Å². The number of ketones is 2. The molecular formula is C74H87BrCl10FeI7N16O14V-2. The Hall–Kier alpha value is -3.01. The Morgan fingerprint density at radius 1 is 0.726 bits per heavy atom. The molecule has 0 bridgehead atoms. The van der Waals surface area contributed by atoms with Gasteiger partial charge < -0.3 is 50.3 Å². The minimum atomic E-state index is -1.79. The number of likely N-dealkylation sites (N-methyl/N-ethyl adjacent to an activating group) is 1. The van der Waals surface area contributed by atoms with Crippen LogP contribution in [0.15, 0.2) is 146 Å². The Balaban J connectivity index is -0.00000145. The summed E-state index contributed by atoms with van der Waals surface area (Å²) in [5.74, 6) is -0.437. The molecule has 0 saturated carbocycles. The summed E-state index contributed by atoms with van der Waals surface area (Å²) >= 11 is 60.2. The first kappa shape index (κ1) is 110. The van der Waals surface area contributed by atoms with Crippen LogP contribution in [0.3, 0.4) is 0 Å². The molecule has 0 spiro atoms. The van der Waals surface area contributed by atoms with Crippen LogP contribution in [-0.4, -0.2) is 158 Å². The fourth-order valence-corrected chi connectivity index (χ4v) is 11.6. The number of nitrogens with zero attached hydrogens (tertiary/aromatic N) is 14. The van der Waals surface area contributed by atoms with E-state index in [-0.39, 0.29) is 114 Å². The molecule has 6 heterocycles. The summed E-state index contributed by atoms with van der Waals surface area (Å²) < 4.78 is 60.2. The van der Waals surface area contributed by atoms with Crippen molar-refractivity contribution in [1.29, 1.82) is 5.32 Å². The monoisotopic (exact) mass is 2860 g/mol. The molecule has 0 radical (unpaired) electrons. The molecule has 4 aromatic heterocycles. The van der Waals surface area contributed by atoms with Crippen LogP contribution in [0, 0.1) is 20.2 Å². The summed E-state index contributed by atoms with van der Waals surface area (Å²) in [5, 5.41) is 43.6. The van der Waals surface area contributed by atoms with Crippen molar-refractivity contribution in [2.24, 2.45) is 0 Å². The zero-order valence-electron chi connectivity index (χ0n) is 73.4. The number of nitrogens with one attached hydrogen (secondary N) is 1. The van der Waals surface area contributed by atoms with Crippen molar-refractivity contribution in [3.8, 4) is 0 Å². The van der Waals surface area contributed by atoms with E-state index in [1.165, 1.54) is 19.1 Å². The number of carboxylic acids is 1. The number of carbonyl (C=O) groups is 6. The van der Waals surface area contributed by atoms with Gasteiger partial charge in [-0.1, -0.05) is 128 Å². The Bertz CT molecular complexity index is 4970. The topological polar surface area (TPSA) is 402 Å². The molecule has 5 aromatic carbocycles. The Morgan fingerprint density at radius 3 is 1.51 bits per heavy atom. The number of aliphatic hydroxyl groups excluding tert-OH is 1. The normalized spacial score (nSPS) is 13.8. The average Bonchev–Trinajstić information content (AvgIpc) is 0.755. The van der Waals surface area contributed by atoms with Crippen LogP contribution < -0.4 is 72.6 Å². The van der Waals surface area contributed by atoms with Gasteiger partial charge in [0.05, 0.1) is 42.3 Å². The van der Waals surface area contributed by atoms with E-state index in [4.69, 9.17) is 147 Å². The maximum absolute atomic E-state index is 12.6. The largest absolute Gasteiger partial charge is 0 e. The van der Waals surface area contributed by atoms with Crippen molar-refractivity contribution in [2.75, 3.05) is 58.5 Å². The third kappa shape index (κ3) is 43.6. The molecule has 30 nitrogen and oxygen atoms in total. The summed E-state index contributed by atoms with van der Waals surface area (Å²) in [6.45, 7) is 10.2. The van der Waals surface area contributed by atoms with Crippen molar-refractivity contribution in [2.45, 2.75) is 116 Å². The number of aliphatic hydroxyl groups is 1. The number of aliphatic carboxylic acids is 1. The van der Waals surface area contributed by atoms with Crippen molar-refractivity contribution < 1.29 is 131 Å². The number of nitrogen functional groups attached to an aromatic ring is 1. The SMILES string of the molecule is C.CC(=O)O.CCC(Br)C(=O)OC.CCC(C(=O)OC)N(c1ccc(Cl)cc1)c1nc(Cl)ncc1[N+](=O)[O-].CCC(Nc1ccc(Cl)cc1)C(=O)CO.CCC1C(=O)Cc2cnc(Cl)nc2N1c1ccc(Cl)cc1.CCC1C(=O)N(C)c2cnc(Cl)nc2N1c1ccc(Cl)cc1.Nc1ccc(Cl)cc1.O=[N+]([O-])c1cnc(Cl)nc1Cl.[3H]I([3H])I.[3H][I-]I([3H])I.[3H][I-][3H].[3H][V]([3H])[I].[Fe]. The molecule has 5 unspecified atom stereocenters. The van der Waals surface area contributed by atoms with Crippen LogP contribution in [-0.2, 0) is 75.4 Å². The first-order valence-electron chi connectivity index (χ1n) is 37.4. The number of halogens is 18. The van der Waals surface area contributed by atoms with Gasteiger partial charge in [0, 0.05) is 103 Å². The van der Waals surface area contributed by atoms with Crippen molar-refractivity contribution in [3.63, 3.8) is 0 Å². The second-order valence-corrected chi connectivity index (χ2v) is 44.4. The Kier molecular flexibility index (Phi) is 61.0. The van der Waals surface area contributed by atoms with Crippen LogP contribution in [0.1, 0.15) is 86.6 Å². The van der Waals surface area contributed by atoms with Crippen molar-refractivity contribution >= 4 is 319 Å². The fraction of sp³-hybridized carbons (Fsp3) is 0.297. The molecule has 1 amide bonds. The number of anilines is 9. The number of amides is 1. The molecule has 688 valence electrons. The van der Waals surface area contributed by atoms with E-state index in [9.17, 15) is 44.2 Å². The first-order valence-corrected chi connectivity index (χ1v) is 62.3. The molecule has 124 heavy (non-hydrogen) atoms. The van der Waals surface area contributed by atoms with Crippen LogP contribution in [0.4, 0.5) is 63.0 Å². The molecule has 0 saturated heterocycles. The van der Waals surface area contributed by atoms with Gasteiger partial charge >= 0.3 is 173 Å². The number of aromatic nitrogens is 8. The van der Waals surface area contributed by atoms with E-state index in [2.05, 4.69) is 84.5 Å². The van der Waals surface area contributed by atoms with Crippen molar-refractivity contribution in [1.82, 2.24) is 39.9 Å². The maximum Gasteiger partial charge on any atom is 0 e. The van der Waals surface area contributed by atoms with Gasteiger partial charge in [0.25, 0.3) is 5.97 Å². The van der Waals surface area contributed by atoms with E-state index in [0.29, 0.717) is 75.2 Å². The number of carboxylic acid groups (broad SMARTS) is 1. The minimum Gasteiger partial charge on any atom is 0 e. The number of ether oxygens (including phenoxy) is 2. The summed E-state index contributed by atoms with van der Waals surface area (Å²) in [5.41, 5.74) is 9.81. The average molecular weight is 2870 g/mol. The summed E-state index contributed by atoms with van der Waals surface area (Å²) in [4.78, 5) is 126. The quantitative estimate of drug-likeness (QED) is 0.00672. The number of rotatable bonds is 19. The first-order chi connectivity index (χ1) is 61.2. The number of Topliss-reactive ketones (excluding diaryl/α,β-unsaturated/α-hetero) is 2. The Labute approximate surface area is 881 Å². The van der Waals surface area contributed by atoms with Gasteiger partial charge in [-0.05, 0) is 200 Å². The van der Waals surface area contributed by atoms with Gasteiger partial charge in [-0.3, -0.25) is 44.2 Å². The predicted octanol–water partition coefficient (Wildman–Crippen LogP) is 15.3. The predicted molar refractivity (Wildman–Crippen MR) is 537 cm³/mol. The minimum absolute atomic E-state index is 0. The maximum atomic E-state index is 12.6. The Morgan fingerprint density at radius 2 is 1.12 bits per heavy atom. The van der Waals surface area contributed by atoms with Crippen LogP contribution in [0.25, 0.3) is 0 Å². The van der Waals surface area contributed by atoms with Crippen LogP contribution in [0.5, 0.6) is 0 Å². The van der Waals surface area contributed by atoms with Gasteiger partial charge in [0.1, 0.15) is 47.4 Å². The fourth-order valence-electron chi connectivity index (χ4n) is 10.0. The number of methoxy groups -OCH3 is 2. The third-order valence-electron chi connectivity index (χ3n) is 15.4. The summed E-state index contributed by atoms with van der Waals surface area (Å²) in [6.07, 6.45) is 8.55. The summed E-state index contributed by atoms with van der Waals surface area (Å²) in [7, 11) is 4.35. The smallest absolute Gasteiger partial charge is 0 e. The molecule has 5 N–H and O–H groups in total. The molecule has 11 rings (SSSR count). The molecule has 5 atom stereocenters. The number of nitrogens with two attached hydrogens (primary N) is 1. The van der Waals surface area contributed by atoms with E-state index in [1.807, 2.05) is 100 Å².